The van der Waals surface area contributed by atoms with E-state index in [1.807, 2.05) is 55.5 Å². The van der Waals surface area contributed by atoms with Crippen LogP contribution in [-0.2, 0) is 9.59 Å². The largest absolute Gasteiger partial charge is 0.497 e. The fourth-order valence-electron chi connectivity index (χ4n) is 3.16. The standard InChI is InChI=1S/C24H26N2O3S2/c1-17-10-12-18(13-11-17)15-21-23(28)26(24(30)31-21)14-5-3-4-9-22(27)25-19-7-6-8-20(16-19)29-2/h6-8,10-13,15-16H,3-5,9,14H2,1-2H3,(H,25,27)/b21-15-. The summed E-state index contributed by atoms with van der Waals surface area (Å²) in [6, 6.07) is 15.3. The van der Waals surface area contributed by atoms with Gasteiger partial charge in [0, 0.05) is 24.7 Å². The number of thioether (sulfide) groups is 1. The minimum Gasteiger partial charge on any atom is -0.497 e. The maximum atomic E-state index is 12.7. The average molecular weight is 455 g/mol. The summed E-state index contributed by atoms with van der Waals surface area (Å²) in [7, 11) is 1.59. The number of hydrogen-bond acceptors (Lipinski definition) is 5. The molecule has 0 bridgehead atoms. The lowest BCUT2D eigenvalue weighted by Gasteiger charge is -2.14. The van der Waals surface area contributed by atoms with E-state index in [1.54, 1.807) is 18.1 Å². The van der Waals surface area contributed by atoms with Gasteiger partial charge in [-0.1, -0.05) is 66.3 Å². The van der Waals surface area contributed by atoms with Crippen molar-refractivity contribution >= 4 is 51.9 Å². The molecule has 0 radical (unpaired) electrons. The molecular weight excluding hydrogens is 428 g/mol. The van der Waals surface area contributed by atoms with Crippen molar-refractivity contribution in [1.82, 2.24) is 4.90 Å². The smallest absolute Gasteiger partial charge is 0.266 e. The second-order valence-corrected chi connectivity index (χ2v) is 9.01. The number of thiocarbonyl (C=S) groups is 1. The molecule has 0 atom stereocenters. The van der Waals surface area contributed by atoms with Gasteiger partial charge in [0.05, 0.1) is 12.0 Å². The molecule has 1 aliphatic rings. The number of nitrogens with zero attached hydrogens (tertiary/aromatic N) is 1. The Morgan fingerprint density at radius 2 is 1.94 bits per heavy atom. The van der Waals surface area contributed by atoms with E-state index < -0.39 is 0 Å². The van der Waals surface area contributed by atoms with Gasteiger partial charge in [-0.15, -0.1) is 0 Å². The highest BCUT2D eigenvalue weighted by Crippen LogP contribution is 2.32. The first-order chi connectivity index (χ1) is 15.0. The lowest BCUT2D eigenvalue weighted by atomic mass is 10.1. The Hall–Kier alpha value is -2.64. The second kappa shape index (κ2) is 11.1. The molecule has 0 spiro atoms. The van der Waals surface area contributed by atoms with Crippen molar-refractivity contribution < 1.29 is 14.3 Å². The van der Waals surface area contributed by atoms with Crippen LogP contribution >= 0.6 is 24.0 Å². The monoisotopic (exact) mass is 454 g/mol. The number of anilines is 1. The molecule has 31 heavy (non-hydrogen) atoms. The number of hydrogen-bond donors (Lipinski definition) is 1. The summed E-state index contributed by atoms with van der Waals surface area (Å²) in [5.74, 6) is 0.643. The normalized spacial score (nSPS) is 14.9. The van der Waals surface area contributed by atoms with Crippen LogP contribution in [0.4, 0.5) is 5.69 Å². The summed E-state index contributed by atoms with van der Waals surface area (Å²) < 4.78 is 5.76. The number of amides is 2. The summed E-state index contributed by atoms with van der Waals surface area (Å²) in [6.07, 6.45) is 4.73. The van der Waals surface area contributed by atoms with Crippen LogP contribution in [0, 0.1) is 6.92 Å². The van der Waals surface area contributed by atoms with Crippen molar-refractivity contribution in [2.45, 2.75) is 32.6 Å². The second-order valence-electron chi connectivity index (χ2n) is 7.33. The minimum absolute atomic E-state index is 0.0279. The highest BCUT2D eigenvalue weighted by Gasteiger charge is 2.31. The molecule has 0 saturated carbocycles. The molecular formula is C24H26N2O3S2. The van der Waals surface area contributed by atoms with Gasteiger partial charge in [-0.2, -0.15) is 0 Å². The van der Waals surface area contributed by atoms with Gasteiger partial charge in [-0.3, -0.25) is 14.5 Å². The van der Waals surface area contributed by atoms with Crippen LogP contribution in [0.1, 0.15) is 36.8 Å². The molecule has 1 aliphatic heterocycles. The average Bonchev–Trinajstić information content (AvgIpc) is 3.02. The molecule has 162 valence electrons. The molecule has 3 rings (SSSR count). The van der Waals surface area contributed by atoms with Gasteiger partial charge in [0.1, 0.15) is 10.1 Å². The zero-order valence-electron chi connectivity index (χ0n) is 17.7. The molecule has 1 fully saturated rings. The van der Waals surface area contributed by atoms with E-state index in [2.05, 4.69) is 5.32 Å². The maximum Gasteiger partial charge on any atom is 0.266 e. The zero-order valence-corrected chi connectivity index (χ0v) is 19.4. The van der Waals surface area contributed by atoms with Crippen molar-refractivity contribution in [2.75, 3.05) is 19.0 Å². The molecule has 1 heterocycles. The van der Waals surface area contributed by atoms with Gasteiger partial charge in [-0.25, -0.2) is 0 Å². The van der Waals surface area contributed by atoms with E-state index in [9.17, 15) is 9.59 Å². The quantitative estimate of drug-likeness (QED) is 0.312. The Morgan fingerprint density at radius 1 is 1.16 bits per heavy atom. The first-order valence-corrected chi connectivity index (χ1v) is 11.4. The highest BCUT2D eigenvalue weighted by molar-refractivity contribution is 8.26. The highest BCUT2D eigenvalue weighted by atomic mass is 32.2. The van der Waals surface area contributed by atoms with Crippen LogP contribution in [0.5, 0.6) is 5.75 Å². The van der Waals surface area contributed by atoms with E-state index in [4.69, 9.17) is 17.0 Å². The molecule has 2 amide bonds. The zero-order chi connectivity index (χ0) is 22.2. The number of benzene rings is 2. The Kier molecular flexibility index (Phi) is 8.26. The molecule has 7 heteroatoms. The Labute approximate surface area is 192 Å². The predicted molar refractivity (Wildman–Crippen MR) is 131 cm³/mol. The lowest BCUT2D eigenvalue weighted by Crippen LogP contribution is -2.29. The predicted octanol–water partition coefficient (Wildman–Crippen LogP) is 5.40. The van der Waals surface area contributed by atoms with Crippen LogP contribution in [-0.4, -0.2) is 34.7 Å². The topological polar surface area (TPSA) is 58.6 Å². The number of unbranched alkanes of at least 4 members (excludes halogenated alkanes) is 2. The number of carbonyl (C=O) groups is 2. The van der Waals surface area contributed by atoms with Gasteiger partial charge in [-0.05, 0) is 43.5 Å². The molecule has 0 aromatic heterocycles. The summed E-state index contributed by atoms with van der Waals surface area (Å²) in [5.41, 5.74) is 2.90. The van der Waals surface area contributed by atoms with Crippen LogP contribution in [0.3, 0.4) is 0 Å². The van der Waals surface area contributed by atoms with Crippen molar-refractivity contribution in [1.29, 1.82) is 0 Å². The molecule has 1 N–H and O–H groups in total. The number of aryl methyl sites for hydroxylation is 1. The molecule has 2 aromatic carbocycles. The maximum absolute atomic E-state index is 12.7. The SMILES string of the molecule is COc1cccc(NC(=O)CCCCCN2C(=O)/C(=C/c3ccc(C)cc3)SC2=S)c1. The van der Waals surface area contributed by atoms with Gasteiger partial charge in [0.15, 0.2) is 0 Å². The number of methoxy groups -OCH3 is 1. The van der Waals surface area contributed by atoms with Crippen LogP contribution in [0.2, 0.25) is 0 Å². The summed E-state index contributed by atoms with van der Waals surface area (Å²) >= 11 is 6.75. The number of rotatable bonds is 9. The van der Waals surface area contributed by atoms with Crippen LogP contribution in [0.15, 0.2) is 53.4 Å². The van der Waals surface area contributed by atoms with Crippen molar-refractivity contribution in [3.05, 3.63) is 64.6 Å². The third kappa shape index (κ3) is 6.67. The van der Waals surface area contributed by atoms with E-state index in [1.165, 1.54) is 17.3 Å². The molecule has 1 saturated heterocycles. The molecule has 5 nitrogen and oxygen atoms in total. The first kappa shape index (κ1) is 23.0. The molecule has 0 unspecified atom stereocenters. The third-order valence-electron chi connectivity index (χ3n) is 4.89. The number of carbonyl (C=O) groups excluding carboxylic acids is 2. The van der Waals surface area contributed by atoms with Crippen LogP contribution in [0.25, 0.3) is 6.08 Å². The molecule has 0 aliphatic carbocycles. The van der Waals surface area contributed by atoms with E-state index in [0.29, 0.717) is 27.9 Å². The Balaban J connectivity index is 1.41. The third-order valence-corrected chi connectivity index (χ3v) is 6.27. The minimum atomic E-state index is -0.0358. The summed E-state index contributed by atoms with van der Waals surface area (Å²) in [4.78, 5) is 27.1. The summed E-state index contributed by atoms with van der Waals surface area (Å²) in [5, 5.41) is 2.88. The number of ether oxygens (including phenoxy) is 1. The van der Waals surface area contributed by atoms with E-state index in [0.717, 1.165) is 30.5 Å². The van der Waals surface area contributed by atoms with Gasteiger partial charge >= 0.3 is 0 Å². The van der Waals surface area contributed by atoms with Crippen LogP contribution < -0.4 is 10.1 Å². The Morgan fingerprint density at radius 3 is 2.68 bits per heavy atom. The fraction of sp³-hybridized carbons (Fsp3) is 0.292. The van der Waals surface area contributed by atoms with E-state index >= 15 is 0 Å². The molecule has 2 aromatic rings. The first-order valence-electron chi connectivity index (χ1n) is 10.2. The lowest BCUT2D eigenvalue weighted by molar-refractivity contribution is -0.122. The van der Waals surface area contributed by atoms with E-state index in [-0.39, 0.29) is 11.8 Å². The van der Waals surface area contributed by atoms with Crippen molar-refractivity contribution in [3.8, 4) is 5.75 Å². The Bertz CT molecular complexity index is 987. The van der Waals surface area contributed by atoms with Gasteiger partial charge < -0.3 is 10.1 Å². The summed E-state index contributed by atoms with van der Waals surface area (Å²) in [6.45, 7) is 2.61. The van der Waals surface area contributed by atoms with Crippen molar-refractivity contribution in [3.63, 3.8) is 0 Å². The number of nitrogens with one attached hydrogen (secondary N) is 1. The van der Waals surface area contributed by atoms with Gasteiger partial charge in [0.2, 0.25) is 5.91 Å². The van der Waals surface area contributed by atoms with Crippen molar-refractivity contribution in [2.24, 2.45) is 0 Å². The fourth-order valence-corrected chi connectivity index (χ4v) is 4.47. The van der Waals surface area contributed by atoms with Gasteiger partial charge in [0.25, 0.3) is 5.91 Å².